The van der Waals surface area contributed by atoms with E-state index in [1.807, 2.05) is 0 Å². The molecule has 4 N–H and O–H groups in total. The van der Waals surface area contributed by atoms with Gasteiger partial charge >= 0.3 is 0 Å². The predicted octanol–water partition coefficient (Wildman–Crippen LogP) is 2.04. The molecule has 0 bridgehead atoms. The summed E-state index contributed by atoms with van der Waals surface area (Å²) in [6.45, 7) is 1.20. The molecule has 28 heavy (non-hydrogen) atoms. The van der Waals surface area contributed by atoms with Crippen LogP contribution in [-0.2, 0) is 9.59 Å². The molecule has 148 valence electrons. The van der Waals surface area contributed by atoms with Crippen molar-refractivity contribution < 1.29 is 28.0 Å². The molecular formula is C19H18F3N3O3. The summed E-state index contributed by atoms with van der Waals surface area (Å²) in [7, 11) is 0. The van der Waals surface area contributed by atoms with Gasteiger partial charge in [-0.3, -0.25) is 14.8 Å². The first-order chi connectivity index (χ1) is 13.4. The summed E-state index contributed by atoms with van der Waals surface area (Å²) in [5.41, 5.74) is 2.38. The molecule has 2 aromatic rings. The summed E-state index contributed by atoms with van der Waals surface area (Å²) in [5.74, 6) is -5.61. The Morgan fingerprint density at radius 1 is 1.07 bits per heavy atom. The molecule has 2 amide bonds. The van der Waals surface area contributed by atoms with E-state index >= 15 is 0 Å². The Balaban J connectivity index is 1.83. The Labute approximate surface area is 158 Å². The van der Waals surface area contributed by atoms with Crippen molar-refractivity contribution in [2.24, 2.45) is 5.92 Å². The van der Waals surface area contributed by atoms with Crippen molar-refractivity contribution in [1.29, 1.82) is 0 Å². The van der Waals surface area contributed by atoms with Crippen LogP contribution in [0.25, 0.3) is 11.1 Å². The van der Waals surface area contributed by atoms with Crippen molar-refractivity contribution >= 4 is 11.8 Å². The van der Waals surface area contributed by atoms with Gasteiger partial charge in [-0.2, -0.15) is 0 Å². The highest BCUT2D eigenvalue weighted by Gasteiger charge is 2.28. The summed E-state index contributed by atoms with van der Waals surface area (Å²) in [5, 5.41) is 14.6. The van der Waals surface area contributed by atoms with Gasteiger partial charge in [-0.15, -0.1) is 0 Å². The highest BCUT2D eigenvalue weighted by Crippen LogP contribution is 2.26. The smallest absolute Gasteiger partial charge is 0.270 e. The van der Waals surface area contributed by atoms with E-state index in [0.717, 1.165) is 12.1 Å². The van der Waals surface area contributed by atoms with Gasteiger partial charge in [0.05, 0.1) is 5.92 Å². The number of amides is 2. The minimum absolute atomic E-state index is 0.118. The van der Waals surface area contributed by atoms with Gasteiger partial charge in [-0.1, -0.05) is 24.3 Å². The number of halogens is 3. The van der Waals surface area contributed by atoms with Crippen LogP contribution in [0.5, 0.6) is 0 Å². The minimum Gasteiger partial charge on any atom is -0.340 e. The third-order valence-corrected chi connectivity index (χ3v) is 4.65. The normalized spacial score (nSPS) is 17.2. The van der Waals surface area contributed by atoms with E-state index < -0.39 is 29.4 Å². The maximum atomic E-state index is 13.4. The van der Waals surface area contributed by atoms with E-state index in [9.17, 15) is 22.8 Å². The van der Waals surface area contributed by atoms with Crippen LogP contribution in [0, 0.1) is 23.4 Å². The second kappa shape index (κ2) is 8.41. The van der Waals surface area contributed by atoms with Crippen LogP contribution >= 0.6 is 0 Å². The number of hydrogen-bond acceptors (Lipinski definition) is 4. The average Bonchev–Trinajstić information content (AvgIpc) is 3.24. The molecule has 1 aliphatic heterocycles. The number of hydrogen-bond donors (Lipinski definition) is 4. The summed E-state index contributed by atoms with van der Waals surface area (Å²) in [4.78, 5) is 24.3. The van der Waals surface area contributed by atoms with Crippen LogP contribution in [0.1, 0.15) is 18.0 Å². The Morgan fingerprint density at radius 2 is 1.71 bits per heavy atom. The molecule has 0 radical (unpaired) electrons. The lowest BCUT2D eigenvalue weighted by atomic mass is 9.99. The third kappa shape index (κ3) is 4.15. The Bertz CT molecular complexity index is 861. The van der Waals surface area contributed by atoms with Crippen molar-refractivity contribution in [2.75, 3.05) is 13.1 Å². The molecule has 2 aromatic carbocycles. The first-order valence-corrected chi connectivity index (χ1v) is 8.60. The molecular weight excluding hydrogens is 375 g/mol. The van der Waals surface area contributed by atoms with Crippen LogP contribution in [0.2, 0.25) is 0 Å². The largest absolute Gasteiger partial charge is 0.340 e. The highest BCUT2D eigenvalue weighted by atomic mass is 19.2. The minimum atomic E-state index is -1.55. The first-order valence-electron chi connectivity index (χ1n) is 8.60. The van der Waals surface area contributed by atoms with Crippen LogP contribution < -0.4 is 16.1 Å². The van der Waals surface area contributed by atoms with Crippen LogP contribution in [0.3, 0.4) is 0 Å². The molecule has 0 spiro atoms. The molecule has 9 heteroatoms. The molecule has 1 fully saturated rings. The summed E-state index contributed by atoms with van der Waals surface area (Å²) in [6.07, 6.45) is 0.639. The topological polar surface area (TPSA) is 90.5 Å². The monoisotopic (exact) mass is 393 g/mol. The number of carbonyl (C=O) groups is 2. The van der Waals surface area contributed by atoms with E-state index in [4.69, 9.17) is 5.21 Å². The summed E-state index contributed by atoms with van der Waals surface area (Å²) >= 11 is 0. The zero-order valence-corrected chi connectivity index (χ0v) is 14.6. The number of carbonyl (C=O) groups excluding carboxylic acids is 2. The number of rotatable bonds is 5. The second-order valence-electron chi connectivity index (χ2n) is 6.48. The Morgan fingerprint density at radius 3 is 2.25 bits per heavy atom. The van der Waals surface area contributed by atoms with Gasteiger partial charge in [0.2, 0.25) is 5.91 Å². The van der Waals surface area contributed by atoms with Crippen molar-refractivity contribution in [1.82, 2.24) is 16.1 Å². The Hall–Kier alpha value is -2.91. The van der Waals surface area contributed by atoms with E-state index in [-0.39, 0.29) is 17.4 Å². The van der Waals surface area contributed by atoms with E-state index in [0.29, 0.717) is 30.6 Å². The number of hydroxylamine groups is 1. The van der Waals surface area contributed by atoms with Crippen molar-refractivity contribution in [3.05, 3.63) is 59.4 Å². The fourth-order valence-corrected chi connectivity index (χ4v) is 3.09. The number of benzene rings is 2. The third-order valence-electron chi connectivity index (χ3n) is 4.65. The van der Waals surface area contributed by atoms with Gasteiger partial charge in [0.15, 0.2) is 17.5 Å². The standard InChI is InChI=1S/C19H18F3N3O3/c20-14-7-13(8-15(21)16(14)22)10-1-3-11(4-2-10)17(19(27)25-28)24-18(26)12-5-6-23-9-12/h1-4,7-8,12,17,23,28H,5-6,9H2,(H,24,26)(H,25,27). The lowest BCUT2D eigenvalue weighted by molar-refractivity contribution is -0.135. The molecule has 2 atom stereocenters. The van der Waals surface area contributed by atoms with Crippen molar-refractivity contribution in [2.45, 2.75) is 12.5 Å². The van der Waals surface area contributed by atoms with Crippen molar-refractivity contribution in [3.8, 4) is 11.1 Å². The highest BCUT2D eigenvalue weighted by molar-refractivity contribution is 5.89. The molecule has 6 nitrogen and oxygen atoms in total. The van der Waals surface area contributed by atoms with E-state index in [1.165, 1.54) is 29.7 Å². The first kappa shape index (κ1) is 19.8. The molecule has 0 aliphatic carbocycles. The van der Waals surface area contributed by atoms with Crippen LogP contribution in [0.4, 0.5) is 13.2 Å². The van der Waals surface area contributed by atoms with Gasteiger partial charge in [-0.25, -0.2) is 18.7 Å². The van der Waals surface area contributed by atoms with Gasteiger partial charge in [-0.05, 0) is 41.8 Å². The fraction of sp³-hybridized carbons (Fsp3) is 0.263. The quantitative estimate of drug-likeness (QED) is 0.356. The molecule has 1 saturated heterocycles. The number of nitrogens with one attached hydrogen (secondary N) is 3. The predicted molar refractivity (Wildman–Crippen MR) is 93.5 cm³/mol. The zero-order chi connectivity index (χ0) is 20.3. The van der Waals surface area contributed by atoms with Gasteiger partial charge in [0, 0.05) is 6.54 Å². The van der Waals surface area contributed by atoms with E-state index in [1.54, 1.807) is 0 Å². The lowest BCUT2D eigenvalue weighted by Gasteiger charge is -2.19. The lowest BCUT2D eigenvalue weighted by Crippen LogP contribution is -2.42. The molecule has 0 aromatic heterocycles. The summed E-state index contributed by atoms with van der Waals surface area (Å²) < 4.78 is 40.0. The van der Waals surface area contributed by atoms with Crippen LogP contribution in [0.15, 0.2) is 36.4 Å². The molecule has 1 heterocycles. The molecule has 3 rings (SSSR count). The van der Waals surface area contributed by atoms with Crippen LogP contribution in [-0.4, -0.2) is 30.1 Å². The molecule has 2 unspecified atom stereocenters. The second-order valence-corrected chi connectivity index (χ2v) is 6.48. The van der Waals surface area contributed by atoms with E-state index in [2.05, 4.69) is 10.6 Å². The molecule has 1 aliphatic rings. The average molecular weight is 393 g/mol. The van der Waals surface area contributed by atoms with Crippen molar-refractivity contribution in [3.63, 3.8) is 0 Å². The summed E-state index contributed by atoms with van der Waals surface area (Å²) in [6, 6.07) is 6.47. The van der Waals surface area contributed by atoms with Gasteiger partial charge in [0.1, 0.15) is 6.04 Å². The Kier molecular flexibility index (Phi) is 5.96. The maximum absolute atomic E-state index is 13.4. The van der Waals surface area contributed by atoms with Gasteiger partial charge < -0.3 is 10.6 Å². The van der Waals surface area contributed by atoms with Gasteiger partial charge in [0.25, 0.3) is 5.91 Å². The fourth-order valence-electron chi connectivity index (χ4n) is 3.09. The SMILES string of the molecule is O=C(NC(C(=O)NO)c1ccc(-c2cc(F)c(F)c(F)c2)cc1)C1CCNC1. The maximum Gasteiger partial charge on any atom is 0.270 e. The molecule has 0 saturated carbocycles. The zero-order valence-electron chi connectivity index (χ0n) is 14.6.